The summed E-state index contributed by atoms with van der Waals surface area (Å²) in [6, 6.07) is 12.0. The van der Waals surface area contributed by atoms with Gasteiger partial charge in [0.05, 0.1) is 12.2 Å². The minimum absolute atomic E-state index is 0.0932. The van der Waals surface area contributed by atoms with Gasteiger partial charge in [-0.3, -0.25) is 9.69 Å². The first kappa shape index (κ1) is 21.9. The number of carbonyl (C=O) groups excluding carboxylic acids is 1. The van der Waals surface area contributed by atoms with Crippen molar-refractivity contribution in [3.63, 3.8) is 0 Å². The van der Waals surface area contributed by atoms with E-state index in [0.717, 1.165) is 45.2 Å². The molecule has 0 bridgehead atoms. The molecule has 4 rings (SSSR count). The van der Waals surface area contributed by atoms with E-state index in [1.54, 1.807) is 12.3 Å². The van der Waals surface area contributed by atoms with Crippen molar-refractivity contribution in [2.45, 2.75) is 62.2 Å². The number of nitrogens with one attached hydrogen (secondary N) is 1. The molecule has 1 amide bonds. The van der Waals surface area contributed by atoms with E-state index in [2.05, 4.69) is 32.3 Å². The fourth-order valence-electron chi connectivity index (χ4n) is 5.13. The Morgan fingerprint density at radius 1 is 1.06 bits per heavy atom. The van der Waals surface area contributed by atoms with Crippen LogP contribution >= 0.6 is 0 Å². The minimum Gasteiger partial charge on any atom is -0.393 e. The number of piperidine rings is 1. The van der Waals surface area contributed by atoms with Gasteiger partial charge in [0, 0.05) is 37.3 Å². The molecule has 2 aromatic rings. The van der Waals surface area contributed by atoms with E-state index in [4.69, 9.17) is 0 Å². The maximum atomic E-state index is 12.7. The predicted octanol–water partition coefficient (Wildman–Crippen LogP) is 1.90. The summed E-state index contributed by atoms with van der Waals surface area (Å²) in [7, 11) is 0. The molecule has 166 valence electrons. The number of carbonyl (C=O) groups is 1. The van der Waals surface area contributed by atoms with Crippen LogP contribution in [-0.4, -0.2) is 68.9 Å². The second-order valence-corrected chi connectivity index (χ2v) is 8.90. The van der Waals surface area contributed by atoms with Crippen molar-refractivity contribution in [1.82, 2.24) is 20.2 Å². The van der Waals surface area contributed by atoms with Crippen molar-refractivity contribution in [2.24, 2.45) is 0 Å². The Morgan fingerprint density at radius 2 is 1.81 bits per heavy atom. The third kappa shape index (κ3) is 5.11. The molecule has 1 aromatic carbocycles. The van der Waals surface area contributed by atoms with Gasteiger partial charge >= 0.3 is 0 Å². The Kier molecular flexibility index (Phi) is 6.95. The van der Waals surface area contributed by atoms with Gasteiger partial charge in [0.2, 0.25) is 0 Å². The average molecular weight is 425 g/mol. The second kappa shape index (κ2) is 9.85. The SMILES string of the molecule is O=C(NC[C@@]1(c2ccccc2)CC[C@H](O)[C@@H](N2CCC(O)CC2)CC1)c1ccncn1. The number of aliphatic hydroxyl groups excluding tert-OH is 2. The van der Waals surface area contributed by atoms with Crippen LogP contribution in [0.25, 0.3) is 0 Å². The van der Waals surface area contributed by atoms with Crippen molar-refractivity contribution in [1.29, 1.82) is 0 Å². The zero-order chi connectivity index (χ0) is 21.7. The number of rotatable bonds is 5. The van der Waals surface area contributed by atoms with Gasteiger partial charge in [0.15, 0.2) is 0 Å². The number of likely N-dealkylation sites (tertiary alicyclic amines) is 1. The molecule has 7 heteroatoms. The third-order valence-corrected chi connectivity index (χ3v) is 7.04. The first-order chi connectivity index (χ1) is 15.1. The molecule has 2 heterocycles. The average Bonchev–Trinajstić information content (AvgIpc) is 2.99. The first-order valence-corrected chi connectivity index (χ1v) is 11.3. The van der Waals surface area contributed by atoms with E-state index >= 15 is 0 Å². The van der Waals surface area contributed by atoms with Crippen LogP contribution in [0.5, 0.6) is 0 Å². The molecule has 3 N–H and O–H groups in total. The summed E-state index contributed by atoms with van der Waals surface area (Å²) in [4.78, 5) is 23.0. The van der Waals surface area contributed by atoms with Crippen molar-refractivity contribution in [3.05, 3.63) is 60.2 Å². The quantitative estimate of drug-likeness (QED) is 0.634. The summed E-state index contributed by atoms with van der Waals surface area (Å²) in [5.41, 5.74) is 1.31. The minimum atomic E-state index is -0.404. The van der Waals surface area contributed by atoms with Crippen LogP contribution in [0.2, 0.25) is 0 Å². The number of aromatic nitrogens is 2. The maximum absolute atomic E-state index is 12.7. The van der Waals surface area contributed by atoms with E-state index in [1.807, 2.05) is 18.2 Å². The van der Waals surface area contributed by atoms with Crippen LogP contribution in [0.4, 0.5) is 0 Å². The highest BCUT2D eigenvalue weighted by molar-refractivity contribution is 5.92. The summed E-state index contributed by atoms with van der Waals surface area (Å²) in [6.45, 7) is 2.15. The van der Waals surface area contributed by atoms with Gasteiger partial charge in [0.25, 0.3) is 5.91 Å². The van der Waals surface area contributed by atoms with E-state index in [9.17, 15) is 15.0 Å². The fraction of sp³-hybridized carbons (Fsp3) is 0.542. The smallest absolute Gasteiger partial charge is 0.270 e. The molecule has 2 aliphatic rings. The number of amides is 1. The predicted molar refractivity (Wildman–Crippen MR) is 118 cm³/mol. The molecule has 1 aromatic heterocycles. The van der Waals surface area contributed by atoms with E-state index in [1.165, 1.54) is 11.9 Å². The normalized spacial score (nSPS) is 28.1. The molecule has 1 aliphatic carbocycles. The van der Waals surface area contributed by atoms with E-state index < -0.39 is 6.10 Å². The van der Waals surface area contributed by atoms with Crippen LogP contribution in [0.15, 0.2) is 48.9 Å². The summed E-state index contributed by atoms with van der Waals surface area (Å²) in [5, 5.41) is 23.9. The van der Waals surface area contributed by atoms with Crippen LogP contribution in [0.1, 0.15) is 54.6 Å². The number of benzene rings is 1. The molecular formula is C24H32N4O3. The van der Waals surface area contributed by atoms with Crippen molar-refractivity contribution in [2.75, 3.05) is 19.6 Å². The Bertz CT molecular complexity index is 842. The molecular weight excluding hydrogens is 392 g/mol. The van der Waals surface area contributed by atoms with Gasteiger partial charge in [-0.2, -0.15) is 0 Å². The lowest BCUT2D eigenvalue weighted by Crippen LogP contribution is -2.48. The highest BCUT2D eigenvalue weighted by Gasteiger charge is 2.40. The summed E-state index contributed by atoms with van der Waals surface area (Å²) in [6.07, 6.45) is 7.07. The zero-order valence-electron chi connectivity index (χ0n) is 17.9. The van der Waals surface area contributed by atoms with Crippen molar-refractivity contribution >= 4 is 5.91 Å². The van der Waals surface area contributed by atoms with Crippen molar-refractivity contribution in [3.8, 4) is 0 Å². The zero-order valence-corrected chi connectivity index (χ0v) is 17.9. The fourth-order valence-corrected chi connectivity index (χ4v) is 5.13. The number of nitrogens with zero attached hydrogens (tertiary/aromatic N) is 3. The van der Waals surface area contributed by atoms with Gasteiger partial charge in [-0.05, 0) is 50.2 Å². The van der Waals surface area contributed by atoms with Crippen LogP contribution in [-0.2, 0) is 5.41 Å². The molecule has 0 spiro atoms. The molecule has 1 aliphatic heterocycles. The maximum Gasteiger partial charge on any atom is 0.270 e. The third-order valence-electron chi connectivity index (χ3n) is 7.04. The van der Waals surface area contributed by atoms with Crippen LogP contribution in [0, 0.1) is 0 Å². The van der Waals surface area contributed by atoms with Gasteiger partial charge in [-0.15, -0.1) is 0 Å². The monoisotopic (exact) mass is 424 g/mol. The summed E-state index contributed by atoms with van der Waals surface area (Å²) < 4.78 is 0. The lowest BCUT2D eigenvalue weighted by molar-refractivity contribution is 0.00482. The van der Waals surface area contributed by atoms with Gasteiger partial charge in [-0.25, -0.2) is 9.97 Å². The molecule has 0 radical (unpaired) electrons. The lowest BCUT2D eigenvalue weighted by Gasteiger charge is -2.38. The Hall–Kier alpha value is -2.35. The molecule has 31 heavy (non-hydrogen) atoms. The highest BCUT2D eigenvalue weighted by Crippen LogP contribution is 2.39. The standard InChI is InChI=1S/C24H32N4O3/c29-19-9-14-28(15-10-19)21-6-11-24(12-7-22(21)30,18-4-2-1-3-5-18)16-26-23(31)20-8-13-25-17-27-20/h1-5,8,13,17,19,21-22,29-30H,6-7,9-12,14-16H2,(H,26,31)/t21-,22-,24-/m0/s1. The molecule has 7 nitrogen and oxygen atoms in total. The van der Waals surface area contributed by atoms with E-state index in [-0.39, 0.29) is 23.5 Å². The Morgan fingerprint density at radius 3 is 2.52 bits per heavy atom. The van der Waals surface area contributed by atoms with Crippen LogP contribution in [0.3, 0.4) is 0 Å². The van der Waals surface area contributed by atoms with E-state index in [0.29, 0.717) is 18.7 Å². The molecule has 1 saturated heterocycles. The van der Waals surface area contributed by atoms with Gasteiger partial charge in [0.1, 0.15) is 12.0 Å². The number of hydrogen-bond acceptors (Lipinski definition) is 6. The second-order valence-electron chi connectivity index (χ2n) is 8.90. The molecule has 2 fully saturated rings. The lowest BCUT2D eigenvalue weighted by atomic mass is 9.74. The molecule has 3 atom stereocenters. The number of aliphatic hydroxyl groups is 2. The summed E-state index contributed by atoms with van der Waals surface area (Å²) in [5.74, 6) is -0.205. The first-order valence-electron chi connectivity index (χ1n) is 11.3. The van der Waals surface area contributed by atoms with Crippen LogP contribution < -0.4 is 5.32 Å². The Labute approximate surface area is 183 Å². The molecule has 0 unspecified atom stereocenters. The Balaban J connectivity index is 1.52. The van der Waals surface area contributed by atoms with Gasteiger partial charge in [-0.1, -0.05) is 30.3 Å². The van der Waals surface area contributed by atoms with Gasteiger partial charge < -0.3 is 15.5 Å². The highest BCUT2D eigenvalue weighted by atomic mass is 16.3. The summed E-state index contributed by atoms with van der Waals surface area (Å²) >= 11 is 0. The molecule has 1 saturated carbocycles. The van der Waals surface area contributed by atoms with Crippen molar-refractivity contribution < 1.29 is 15.0 Å². The largest absolute Gasteiger partial charge is 0.393 e. The topological polar surface area (TPSA) is 98.6 Å². The number of hydrogen-bond donors (Lipinski definition) is 3.